The van der Waals surface area contributed by atoms with E-state index in [1.54, 1.807) is 66.7 Å². The van der Waals surface area contributed by atoms with E-state index in [0.717, 1.165) is 15.6 Å². The number of rotatable bonds is 7. The third-order valence-corrected chi connectivity index (χ3v) is 6.90. The number of para-hydroxylation sites is 1. The molecule has 208 valence electrons. The van der Waals surface area contributed by atoms with Crippen molar-refractivity contribution in [2.45, 2.75) is 6.92 Å². The molecule has 0 radical (unpaired) electrons. The van der Waals surface area contributed by atoms with Gasteiger partial charge in [-0.1, -0.05) is 53.0 Å². The van der Waals surface area contributed by atoms with Gasteiger partial charge in [0.15, 0.2) is 12.4 Å². The summed E-state index contributed by atoms with van der Waals surface area (Å²) >= 11 is 12.4. The molecule has 4 aromatic carbocycles. The van der Waals surface area contributed by atoms with Crippen molar-refractivity contribution in [1.82, 2.24) is 9.66 Å². The van der Waals surface area contributed by atoms with Gasteiger partial charge in [0.1, 0.15) is 11.3 Å². The van der Waals surface area contributed by atoms with Gasteiger partial charge < -0.3 is 14.5 Å². The van der Waals surface area contributed by atoms with Crippen LogP contribution in [0, 0.1) is 6.92 Å². The molecule has 0 fully saturated rings. The number of halogens is 2. The molecule has 0 saturated heterocycles. The predicted molar refractivity (Wildman–Crippen MR) is 166 cm³/mol. The summed E-state index contributed by atoms with van der Waals surface area (Å²) < 4.78 is 13.0. The summed E-state index contributed by atoms with van der Waals surface area (Å²) in [6.07, 6.45) is 1.43. The number of carbonyl (C=O) groups excluding carboxylic acids is 1. The summed E-state index contributed by atoms with van der Waals surface area (Å²) in [4.78, 5) is 30.8. The van der Waals surface area contributed by atoms with Crippen LogP contribution in [0.15, 0.2) is 105 Å². The van der Waals surface area contributed by atoms with E-state index in [2.05, 4.69) is 10.4 Å². The molecule has 0 bridgehead atoms. The molecule has 6 rings (SSSR count). The van der Waals surface area contributed by atoms with Gasteiger partial charge in [-0.2, -0.15) is 9.78 Å². The maximum absolute atomic E-state index is 13.6. The van der Waals surface area contributed by atoms with Crippen LogP contribution in [0.25, 0.3) is 33.5 Å². The fourth-order valence-electron chi connectivity index (χ4n) is 4.36. The van der Waals surface area contributed by atoms with Crippen LogP contribution in [0.2, 0.25) is 10.0 Å². The van der Waals surface area contributed by atoms with Gasteiger partial charge in [0.2, 0.25) is 5.82 Å². The summed E-state index contributed by atoms with van der Waals surface area (Å²) in [7, 11) is 0. The number of aromatic nitrogens is 2. The fourth-order valence-corrected chi connectivity index (χ4v) is 4.72. The second kappa shape index (κ2) is 11.5. The van der Waals surface area contributed by atoms with Gasteiger partial charge >= 0.3 is 0 Å². The Kier molecular flexibility index (Phi) is 7.48. The van der Waals surface area contributed by atoms with Gasteiger partial charge in [-0.25, -0.2) is 4.98 Å². The molecule has 2 heterocycles. The van der Waals surface area contributed by atoms with Gasteiger partial charge in [0, 0.05) is 26.7 Å². The first-order valence-corrected chi connectivity index (χ1v) is 13.6. The number of nitrogens with one attached hydrogen (secondary N) is 1. The number of anilines is 1. The molecule has 0 saturated carbocycles. The number of hydrogen-bond donors (Lipinski definition) is 1. The van der Waals surface area contributed by atoms with Crippen molar-refractivity contribution in [3.63, 3.8) is 0 Å². The van der Waals surface area contributed by atoms with E-state index in [-0.39, 0.29) is 18.3 Å². The van der Waals surface area contributed by atoms with E-state index in [0.29, 0.717) is 49.3 Å². The Morgan fingerprint density at radius 2 is 1.76 bits per heavy atom. The van der Waals surface area contributed by atoms with Crippen molar-refractivity contribution >= 4 is 62.9 Å². The number of fused-ring (bicyclic) bond motifs is 2. The molecule has 0 spiro atoms. The van der Waals surface area contributed by atoms with Crippen LogP contribution >= 0.6 is 23.2 Å². The molecule has 0 aliphatic carbocycles. The van der Waals surface area contributed by atoms with Crippen molar-refractivity contribution in [1.29, 1.82) is 0 Å². The summed E-state index contributed by atoms with van der Waals surface area (Å²) in [6, 6.07) is 26.3. The van der Waals surface area contributed by atoms with Crippen LogP contribution in [-0.2, 0) is 4.79 Å². The van der Waals surface area contributed by atoms with E-state index in [1.165, 1.54) is 6.21 Å². The first-order chi connectivity index (χ1) is 20.3. The highest BCUT2D eigenvalue weighted by Crippen LogP contribution is 2.29. The summed E-state index contributed by atoms with van der Waals surface area (Å²) in [5.41, 5.74) is 2.88. The molecular weight excluding hydrogens is 575 g/mol. The minimum Gasteiger partial charge on any atom is -0.483 e. The number of carbonyl (C=O) groups is 1. The average Bonchev–Trinajstić information content (AvgIpc) is 3.40. The highest BCUT2D eigenvalue weighted by Gasteiger charge is 2.17. The quantitative estimate of drug-likeness (QED) is 0.195. The second-order valence-corrected chi connectivity index (χ2v) is 10.4. The molecule has 1 amide bonds. The van der Waals surface area contributed by atoms with Crippen molar-refractivity contribution in [3.05, 3.63) is 123 Å². The van der Waals surface area contributed by atoms with E-state index >= 15 is 0 Å². The predicted octanol–water partition coefficient (Wildman–Crippen LogP) is 7.32. The molecule has 6 aromatic rings. The zero-order valence-electron chi connectivity index (χ0n) is 22.2. The SMILES string of the molecule is Cc1ccc(NC(=O)COc2ccc(Cl)cc2C=Nn2c(-c3cc4cc(Cl)ccc4o3)nc3ccccc3c2=O)cc1. The Bertz CT molecular complexity index is 2050. The van der Waals surface area contributed by atoms with Crippen molar-refractivity contribution in [3.8, 4) is 17.3 Å². The second-order valence-electron chi connectivity index (χ2n) is 9.49. The normalized spacial score (nSPS) is 11.4. The Labute approximate surface area is 249 Å². The van der Waals surface area contributed by atoms with Gasteiger partial charge in [-0.15, -0.1) is 0 Å². The molecule has 1 N–H and O–H groups in total. The molecule has 8 nitrogen and oxygen atoms in total. The van der Waals surface area contributed by atoms with E-state index in [4.69, 9.17) is 37.3 Å². The van der Waals surface area contributed by atoms with Crippen LogP contribution in [0.5, 0.6) is 5.75 Å². The van der Waals surface area contributed by atoms with Crippen molar-refractivity contribution < 1.29 is 13.9 Å². The number of benzene rings is 4. The monoisotopic (exact) mass is 596 g/mol. The molecule has 0 atom stereocenters. The van der Waals surface area contributed by atoms with E-state index in [9.17, 15) is 9.59 Å². The largest absolute Gasteiger partial charge is 0.483 e. The zero-order valence-corrected chi connectivity index (χ0v) is 23.7. The van der Waals surface area contributed by atoms with Crippen LogP contribution in [-0.4, -0.2) is 28.4 Å². The summed E-state index contributed by atoms with van der Waals surface area (Å²) in [5, 5.41) is 9.40. The fraction of sp³-hybridized carbons (Fsp3) is 0.0625. The third kappa shape index (κ3) is 5.76. The molecule has 0 aliphatic heterocycles. The van der Waals surface area contributed by atoms with E-state index in [1.807, 2.05) is 31.2 Å². The number of ether oxygens (including phenoxy) is 1. The smallest absolute Gasteiger partial charge is 0.282 e. The first-order valence-electron chi connectivity index (χ1n) is 12.9. The molecule has 42 heavy (non-hydrogen) atoms. The van der Waals surface area contributed by atoms with Crippen LogP contribution in [0.1, 0.15) is 11.1 Å². The molecule has 0 unspecified atom stereocenters. The standard InChI is InChI=1S/C32H22Cl2N4O4/c1-19-6-10-24(11-7-19)36-30(39)18-41-27-12-8-23(34)15-21(27)17-35-38-31(37-26-5-3-2-4-25(26)32(38)40)29-16-20-14-22(33)9-13-28(20)42-29/h2-17H,18H2,1H3,(H,36,39). The van der Waals surface area contributed by atoms with Gasteiger partial charge in [0.05, 0.1) is 17.1 Å². The molecule has 2 aromatic heterocycles. The van der Waals surface area contributed by atoms with Crippen molar-refractivity contribution in [2.75, 3.05) is 11.9 Å². The lowest BCUT2D eigenvalue weighted by Gasteiger charge is -2.11. The Morgan fingerprint density at radius 3 is 2.60 bits per heavy atom. The van der Waals surface area contributed by atoms with Crippen LogP contribution in [0.4, 0.5) is 5.69 Å². The third-order valence-electron chi connectivity index (χ3n) is 6.43. The average molecular weight is 597 g/mol. The Morgan fingerprint density at radius 1 is 1.00 bits per heavy atom. The first kappa shape index (κ1) is 27.3. The van der Waals surface area contributed by atoms with Gasteiger partial charge in [0.25, 0.3) is 11.5 Å². The lowest BCUT2D eigenvalue weighted by atomic mass is 10.2. The summed E-state index contributed by atoms with van der Waals surface area (Å²) in [6.45, 7) is 1.72. The lowest BCUT2D eigenvalue weighted by molar-refractivity contribution is -0.118. The minimum absolute atomic E-state index is 0.198. The zero-order chi connectivity index (χ0) is 29.2. The Hall–Kier alpha value is -4.92. The maximum Gasteiger partial charge on any atom is 0.282 e. The lowest BCUT2D eigenvalue weighted by Crippen LogP contribution is -2.21. The highest BCUT2D eigenvalue weighted by molar-refractivity contribution is 6.31. The van der Waals surface area contributed by atoms with E-state index < -0.39 is 5.56 Å². The number of aryl methyl sites for hydroxylation is 1. The summed E-state index contributed by atoms with van der Waals surface area (Å²) in [5.74, 6) is 0.551. The van der Waals surface area contributed by atoms with Crippen LogP contribution < -0.4 is 15.6 Å². The maximum atomic E-state index is 13.6. The van der Waals surface area contributed by atoms with Crippen LogP contribution in [0.3, 0.4) is 0 Å². The number of nitrogens with zero attached hydrogens (tertiary/aromatic N) is 3. The highest BCUT2D eigenvalue weighted by atomic mass is 35.5. The molecule has 0 aliphatic rings. The van der Waals surface area contributed by atoms with Gasteiger partial charge in [-0.3, -0.25) is 9.59 Å². The Balaban J connectivity index is 1.35. The number of amides is 1. The molecule has 10 heteroatoms. The molecular formula is C32H22Cl2N4O4. The topological polar surface area (TPSA) is 98.7 Å². The minimum atomic E-state index is -0.396. The number of furan rings is 1. The number of hydrogen-bond acceptors (Lipinski definition) is 6. The van der Waals surface area contributed by atoms with Gasteiger partial charge in [-0.05, 0) is 73.7 Å². The van der Waals surface area contributed by atoms with Crippen molar-refractivity contribution in [2.24, 2.45) is 5.10 Å².